The van der Waals surface area contributed by atoms with Crippen LogP contribution in [-0.4, -0.2) is 4.61 Å². The topological polar surface area (TPSA) is 0 Å². The van der Waals surface area contributed by atoms with E-state index in [9.17, 15) is 0 Å². The van der Waals surface area contributed by atoms with Gasteiger partial charge in [0.05, 0.1) is 0 Å². The van der Waals surface area contributed by atoms with Gasteiger partial charge in [-0.25, -0.2) is 0 Å². The van der Waals surface area contributed by atoms with Crippen LogP contribution in [0.25, 0.3) is 0 Å². The zero-order valence-corrected chi connectivity index (χ0v) is 6.56. The molecule has 0 aliphatic rings. The Hall–Kier alpha value is -0.0266. The van der Waals surface area contributed by atoms with Crippen LogP contribution in [-0.2, 0) is 17.9 Å². The second-order valence-corrected chi connectivity index (χ2v) is 1.80. The zero-order valence-electron chi connectivity index (χ0n) is 3.59. The Morgan fingerprint density at radius 1 is 1.33 bits per heavy atom. The van der Waals surface area contributed by atoms with Crippen molar-refractivity contribution in [3.05, 3.63) is 24.8 Å². The molecule has 0 saturated carbocycles. The van der Waals surface area contributed by atoms with E-state index in [2.05, 4.69) is 0 Å². The van der Waals surface area contributed by atoms with Crippen molar-refractivity contribution in [2.24, 2.45) is 0 Å². The monoisotopic (exact) mass is 129 g/mol. The number of hydrogen-bond donors (Lipinski definition) is 0. The summed E-state index contributed by atoms with van der Waals surface area (Å²) in [5.41, 5.74) is 0. The molecule has 0 unspecified atom stereocenters. The van der Waals surface area contributed by atoms with Crippen molar-refractivity contribution < 1.29 is 17.9 Å². The summed E-state index contributed by atoms with van der Waals surface area (Å²) in [6.07, 6.45) is 5.26. The summed E-state index contributed by atoms with van der Waals surface area (Å²) in [6.45, 7) is 5.00. The SMILES string of the molecule is [CH-]=C/C=C\[CH]=[Zn]. The average Bonchev–Trinajstić information content (AvgIpc) is 1.61. The van der Waals surface area contributed by atoms with E-state index < -0.39 is 0 Å². The van der Waals surface area contributed by atoms with Crippen LogP contribution < -0.4 is 0 Å². The van der Waals surface area contributed by atoms with Gasteiger partial charge in [-0.05, 0) is 0 Å². The summed E-state index contributed by atoms with van der Waals surface area (Å²) in [7, 11) is 0. The number of rotatable bonds is 2. The third-order valence-corrected chi connectivity index (χ3v) is 0.929. The molecule has 0 N–H and O–H groups in total. The Balaban J connectivity index is 3.17. The quantitative estimate of drug-likeness (QED) is 0.296. The fourth-order valence-electron chi connectivity index (χ4n) is 0.143. The van der Waals surface area contributed by atoms with E-state index in [1.807, 2.05) is 16.8 Å². The van der Waals surface area contributed by atoms with Crippen molar-refractivity contribution >= 4 is 4.61 Å². The molecule has 0 saturated heterocycles. The van der Waals surface area contributed by atoms with Crippen LogP contribution >= 0.6 is 0 Å². The third-order valence-electron chi connectivity index (χ3n) is 0.358. The normalized spacial score (nSPS) is 9.00. The summed E-state index contributed by atoms with van der Waals surface area (Å²) in [4.78, 5) is 0. The molecule has 0 aromatic rings. The summed E-state index contributed by atoms with van der Waals surface area (Å²) in [5.74, 6) is 0. The van der Waals surface area contributed by atoms with Gasteiger partial charge in [-0.1, -0.05) is 0 Å². The third kappa shape index (κ3) is 3.97. The van der Waals surface area contributed by atoms with Crippen molar-refractivity contribution in [1.82, 2.24) is 0 Å². The molecule has 0 radical (unpaired) electrons. The summed E-state index contributed by atoms with van der Waals surface area (Å²) in [6, 6.07) is 0. The summed E-state index contributed by atoms with van der Waals surface area (Å²) >= 11 is 1.20. The van der Waals surface area contributed by atoms with E-state index in [0.29, 0.717) is 0 Å². The molecular weight excluding hydrogens is 125 g/mol. The molecule has 28 valence electrons. The standard InChI is InChI=1S/C5H5.Zn/c1-3-5-4-2;/h1-5H;/q-1;/b5-3-;. The summed E-state index contributed by atoms with van der Waals surface area (Å²) in [5, 5.41) is 0. The zero-order chi connectivity index (χ0) is 4.83. The van der Waals surface area contributed by atoms with Crippen molar-refractivity contribution in [2.45, 2.75) is 0 Å². The van der Waals surface area contributed by atoms with Crippen molar-refractivity contribution in [1.29, 1.82) is 0 Å². The van der Waals surface area contributed by atoms with Gasteiger partial charge in [0, 0.05) is 0 Å². The number of allylic oxidation sites excluding steroid dienone is 3. The van der Waals surface area contributed by atoms with Crippen molar-refractivity contribution in [3.63, 3.8) is 0 Å². The van der Waals surface area contributed by atoms with Crippen LogP contribution in [0.1, 0.15) is 0 Å². The van der Waals surface area contributed by atoms with Gasteiger partial charge in [-0.3, -0.25) is 0 Å². The second kappa shape index (κ2) is 4.97. The van der Waals surface area contributed by atoms with Gasteiger partial charge in [0.25, 0.3) is 0 Å². The van der Waals surface area contributed by atoms with Crippen molar-refractivity contribution in [3.8, 4) is 0 Å². The maximum atomic E-state index is 5.00. The first-order valence-corrected chi connectivity index (χ1v) is 3.45. The minimum absolute atomic E-state index is 1.20. The van der Waals surface area contributed by atoms with Crippen LogP contribution in [0.3, 0.4) is 0 Å². The van der Waals surface area contributed by atoms with Gasteiger partial charge in [0.15, 0.2) is 0 Å². The molecular formula is C5H5Zn-. The molecule has 0 aliphatic carbocycles. The average molecular weight is 130 g/mol. The van der Waals surface area contributed by atoms with Crippen molar-refractivity contribution in [2.75, 3.05) is 0 Å². The van der Waals surface area contributed by atoms with Gasteiger partial charge in [-0.2, -0.15) is 0 Å². The van der Waals surface area contributed by atoms with Gasteiger partial charge in [0.2, 0.25) is 0 Å². The van der Waals surface area contributed by atoms with E-state index in [0.717, 1.165) is 0 Å². The summed E-state index contributed by atoms with van der Waals surface area (Å²) < 4.78 is 2.04. The molecule has 6 heavy (non-hydrogen) atoms. The minimum atomic E-state index is 1.20. The fourth-order valence-corrected chi connectivity index (χ4v) is 0.472. The molecule has 0 spiro atoms. The molecule has 1 heteroatoms. The van der Waals surface area contributed by atoms with E-state index in [4.69, 9.17) is 6.58 Å². The van der Waals surface area contributed by atoms with Gasteiger partial charge < -0.3 is 0 Å². The molecule has 0 heterocycles. The van der Waals surface area contributed by atoms with Gasteiger partial charge >= 0.3 is 47.3 Å². The van der Waals surface area contributed by atoms with Crippen LogP contribution in [0.2, 0.25) is 0 Å². The second-order valence-electron chi connectivity index (χ2n) is 0.813. The van der Waals surface area contributed by atoms with E-state index in [1.54, 1.807) is 0 Å². The predicted octanol–water partition coefficient (Wildman–Crippen LogP) is 0.881. The Labute approximate surface area is 47.8 Å². The Morgan fingerprint density at radius 3 is 2.17 bits per heavy atom. The number of hydrogen-bond acceptors (Lipinski definition) is 0. The molecule has 0 bridgehead atoms. The first-order valence-electron chi connectivity index (χ1n) is 1.74. The molecule has 0 atom stereocenters. The van der Waals surface area contributed by atoms with Crippen LogP contribution in [0.15, 0.2) is 18.2 Å². The predicted molar refractivity (Wildman–Crippen MR) is 24.1 cm³/mol. The Morgan fingerprint density at radius 2 is 2.00 bits per heavy atom. The maximum absolute atomic E-state index is 5.00. The van der Waals surface area contributed by atoms with Crippen LogP contribution in [0.4, 0.5) is 0 Å². The van der Waals surface area contributed by atoms with E-state index in [-0.39, 0.29) is 0 Å². The van der Waals surface area contributed by atoms with Crippen LogP contribution in [0.5, 0.6) is 0 Å². The Bertz CT molecular complexity index is 62.0. The van der Waals surface area contributed by atoms with Crippen LogP contribution in [0, 0.1) is 6.58 Å². The molecule has 0 fully saturated rings. The molecule has 0 aliphatic heterocycles. The van der Waals surface area contributed by atoms with E-state index >= 15 is 0 Å². The molecule has 0 nitrogen and oxygen atoms in total. The molecule has 0 rings (SSSR count). The fraction of sp³-hybridized carbons (Fsp3) is 0. The van der Waals surface area contributed by atoms with E-state index in [1.165, 1.54) is 23.9 Å². The molecule has 0 amide bonds. The first kappa shape index (κ1) is 5.97. The van der Waals surface area contributed by atoms with Gasteiger partial charge in [0.1, 0.15) is 0 Å². The Kier molecular flexibility index (Phi) is 4.95. The first-order chi connectivity index (χ1) is 2.91. The molecule has 0 aromatic carbocycles. The van der Waals surface area contributed by atoms with Gasteiger partial charge in [-0.15, -0.1) is 0 Å². The molecule has 0 aromatic heterocycles.